The van der Waals surface area contributed by atoms with Crippen LogP contribution in [0.4, 0.5) is 4.39 Å². The summed E-state index contributed by atoms with van der Waals surface area (Å²) in [6.07, 6.45) is 4.35. The standard InChI is InChI=1S/C21H23FN4O/c1-25-13-16(12-23-25)14-26-9-10-27-21(15-26)20-8-4-6-18(24-20)11-17-5-2-3-7-19(17)22/h2-8,12-13,21H,9-11,14-15H2,1H3. The van der Waals surface area contributed by atoms with Crippen LogP contribution in [0.3, 0.4) is 0 Å². The Labute approximate surface area is 158 Å². The molecule has 0 N–H and O–H groups in total. The van der Waals surface area contributed by atoms with Crippen LogP contribution in [0.1, 0.15) is 28.6 Å². The van der Waals surface area contributed by atoms with Gasteiger partial charge in [-0.3, -0.25) is 14.6 Å². The summed E-state index contributed by atoms with van der Waals surface area (Å²) in [5.74, 6) is -0.193. The van der Waals surface area contributed by atoms with Gasteiger partial charge in [0, 0.05) is 50.6 Å². The fourth-order valence-electron chi connectivity index (χ4n) is 3.45. The van der Waals surface area contributed by atoms with E-state index in [1.165, 1.54) is 11.6 Å². The first kappa shape index (κ1) is 17.8. The fourth-order valence-corrected chi connectivity index (χ4v) is 3.45. The number of rotatable bonds is 5. The Hall–Kier alpha value is -2.57. The molecule has 0 radical (unpaired) electrons. The molecule has 0 spiro atoms. The van der Waals surface area contributed by atoms with Crippen LogP contribution in [0.5, 0.6) is 0 Å². The summed E-state index contributed by atoms with van der Waals surface area (Å²) >= 11 is 0. The number of benzene rings is 1. The van der Waals surface area contributed by atoms with E-state index in [1.54, 1.807) is 12.1 Å². The lowest BCUT2D eigenvalue weighted by atomic mass is 10.1. The molecule has 4 rings (SSSR count). The second-order valence-electron chi connectivity index (χ2n) is 6.94. The molecule has 1 fully saturated rings. The Morgan fingerprint density at radius 3 is 2.89 bits per heavy atom. The van der Waals surface area contributed by atoms with Crippen molar-refractivity contribution in [2.75, 3.05) is 19.7 Å². The van der Waals surface area contributed by atoms with E-state index in [4.69, 9.17) is 9.72 Å². The zero-order valence-electron chi connectivity index (χ0n) is 15.4. The van der Waals surface area contributed by atoms with E-state index in [0.717, 1.165) is 31.0 Å². The average molecular weight is 366 g/mol. The largest absolute Gasteiger partial charge is 0.369 e. The van der Waals surface area contributed by atoms with E-state index >= 15 is 0 Å². The molecule has 0 amide bonds. The molecule has 6 heteroatoms. The summed E-state index contributed by atoms with van der Waals surface area (Å²) in [5.41, 5.74) is 3.61. The predicted octanol–water partition coefficient (Wildman–Crippen LogP) is 3.12. The monoisotopic (exact) mass is 366 g/mol. The Morgan fingerprint density at radius 2 is 2.07 bits per heavy atom. The molecule has 3 heterocycles. The number of nitrogens with zero attached hydrogens (tertiary/aromatic N) is 4. The minimum atomic E-state index is -0.193. The molecule has 1 aliphatic rings. The summed E-state index contributed by atoms with van der Waals surface area (Å²) in [6, 6.07) is 12.7. The Kier molecular flexibility index (Phi) is 5.27. The zero-order chi connectivity index (χ0) is 18.6. The van der Waals surface area contributed by atoms with Crippen molar-refractivity contribution >= 4 is 0 Å². The third-order valence-electron chi connectivity index (χ3n) is 4.80. The van der Waals surface area contributed by atoms with Gasteiger partial charge in [-0.15, -0.1) is 0 Å². The smallest absolute Gasteiger partial charge is 0.126 e. The van der Waals surface area contributed by atoms with Gasteiger partial charge in [0.15, 0.2) is 0 Å². The van der Waals surface area contributed by atoms with Crippen LogP contribution in [0.15, 0.2) is 54.9 Å². The maximum atomic E-state index is 13.9. The van der Waals surface area contributed by atoms with Gasteiger partial charge in [-0.2, -0.15) is 5.10 Å². The highest BCUT2D eigenvalue weighted by Gasteiger charge is 2.23. The molecule has 1 aliphatic heterocycles. The van der Waals surface area contributed by atoms with Crippen molar-refractivity contribution in [1.29, 1.82) is 0 Å². The molecular weight excluding hydrogens is 343 g/mol. The SMILES string of the molecule is Cn1cc(CN2CCOC(c3cccc(Cc4ccccc4F)n3)C2)cn1. The van der Waals surface area contributed by atoms with Crippen molar-refractivity contribution in [3.63, 3.8) is 0 Å². The first-order valence-corrected chi connectivity index (χ1v) is 9.18. The Morgan fingerprint density at radius 1 is 1.19 bits per heavy atom. The topological polar surface area (TPSA) is 43.2 Å². The number of pyridine rings is 1. The van der Waals surface area contributed by atoms with Crippen molar-refractivity contribution in [2.45, 2.75) is 19.1 Å². The lowest BCUT2D eigenvalue weighted by Gasteiger charge is -2.32. The normalized spacial score (nSPS) is 17.9. The first-order chi connectivity index (χ1) is 13.2. The van der Waals surface area contributed by atoms with Crippen molar-refractivity contribution < 1.29 is 9.13 Å². The molecule has 0 saturated carbocycles. The molecular formula is C21H23FN4O. The van der Waals surface area contributed by atoms with Gasteiger partial charge in [-0.1, -0.05) is 24.3 Å². The van der Waals surface area contributed by atoms with Crippen molar-refractivity contribution in [3.8, 4) is 0 Å². The van der Waals surface area contributed by atoms with Crippen molar-refractivity contribution in [1.82, 2.24) is 19.7 Å². The van der Waals surface area contributed by atoms with E-state index in [2.05, 4.69) is 10.00 Å². The molecule has 0 aliphatic carbocycles. The fraction of sp³-hybridized carbons (Fsp3) is 0.333. The molecule has 2 aromatic heterocycles. The number of aromatic nitrogens is 3. The van der Waals surface area contributed by atoms with Gasteiger partial charge in [0.2, 0.25) is 0 Å². The minimum absolute atomic E-state index is 0.0732. The third kappa shape index (κ3) is 4.40. The van der Waals surface area contributed by atoms with Crippen LogP contribution in [0.2, 0.25) is 0 Å². The third-order valence-corrected chi connectivity index (χ3v) is 4.80. The summed E-state index contributed by atoms with van der Waals surface area (Å²) in [7, 11) is 1.93. The van der Waals surface area contributed by atoms with Crippen LogP contribution >= 0.6 is 0 Å². The van der Waals surface area contributed by atoms with Gasteiger partial charge in [0.25, 0.3) is 0 Å². The van der Waals surface area contributed by atoms with Gasteiger partial charge < -0.3 is 4.74 Å². The molecule has 1 atom stereocenters. The quantitative estimate of drug-likeness (QED) is 0.696. The van der Waals surface area contributed by atoms with Gasteiger partial charge in [0.05, 0.1) is 18.5 Å². The van der Waals surface area contributed by atoms with Crippen molar-refractivity contribution in [3.05, 3.63) is 83.2 Å². The maximum Gasteiger partial charge on any atom is 0.126 e. The zero-order valence-corrected chi connectivity index (χ0v) is 15.4. The second kappa shape index (κ2) is 7.98. The van der Waals surface area contributed by atoms with Gasteiger partial charge in [-0.05, 0) is 23.8 Å². The predicted molar refractivity (Wildman–Crippen MR) is 101 cm³/mol. The Balaban J connectivity index is 1.45. The highest BCUT2D eigenvalue weighted by molar-refractivity contribution is 5.25. The molecule has 5 nitrogen and oxygen atoms in total. The number of hydrogen-bond acceptors (Lipinski definition) is 4. The van der Waals surface area contributed by atoms with E-state index in [1.807, 2.05) is 48.4 Å². The van der Waals surface area contributed by atoms with Crippen LogP contribution in [-0.4, -0.2) is 39.4 Å². The summed E-state index contributed by atoms with van der Waals surface area (Å²) in [5, 5.41) is 4.23. The molecule has 0 bridgehead atoms. The average Bonchev–Trinajstić information content (AvgIpc) is 3.09. The van der Waals surface area contributed by atoms with Crippen LogP contribution in [0, 0.1) is 5.82 Å². The highest BCUT2D eigenvalue weighted by Crippen LogP contribution is 2.23. The van der Waals surface area contributed by atoms with Gasteiger partial charge in [0.1, 0.15) is 11.9 Å². The van der Waals surface area contributed by atoms with Crippen LogP contribution in [-0.2, 0) is 24.8 Å². The van der Waals surface area contributed by atoms with E-state index < -0.39 is 0 Å². The molecule has 1 unspecified atom stereocenters. The van der Waals surface area contributed by atoms with E-state index in [-0.39, 0.29) is 11.9 Å². The summed E-state index contributed by atoms with van der Waals surface area (Å²) in [6.45, 7) is 3.19. The van der Waals surface area contributed by atoms with Crippen molar-refractivity contribution in [2.24, 2.45) is 7.05 Å². The number of morpholine rings is 1. The number of aryl methyl sites for hydroxylation is 1. The summed E-state index contributed by atoms with van der Waals surface area (Å²) < 4.78 is 21.7. The first-order valence-electron chi connectivity index (χ1n) is 9.18. The van der Waals surface area contributed by atoms with E-state index in [0.29, 0.717) is 18.6 Å². The highest BCUT2D eigenvalue weighted by atomic mass is 19.1. The number of halogens is 1. The maximum absolute atomic E-state index is 13.9. The van der Waals surface area contributed by atoms with Gasteiger partial charge in [-0.25, -0.2) is 4.39 Å². The lowest BCUT2D eigenvalue weighted by molar-refractivity contribution is -0.0350. The number of hydrogen-bond donors (Lipinski definition) is 0. The second-order valence-corrected chi connectivity index (χ2v) is 6.94. The van der Waals surface area contributed by atoms with E-state index in [9.17, 15) is 4.39 Å². The van der Waals surface area contributed by atoms with Crippen LogP contribution in [0.25, 0.3) is 0 Å². The Bertz CT molecular complexity index is 910. The van der Waals surface area contributed by atoms with Crippen LogP contribution < -0.4 is 0 Å². The molecule has 140 valence electrons. The molecule has 3 aromatic rings. The lowest BCUT2D eigenvalue weighted by Crippen LogP contribution is -2.38. The summed E-state index contributed by atoms with van der Waals surface area (Å²) in [4.78, 5) is 7.10. The minimum Gasteiger partial charge on any atom is -0.369 e. The molecule has 1 saturated heterocycles. The van der Waals surface area contributed by atoms with Gasteiger partial charge >= 0.3 is 0 Å². The molecule has 1 aromatic carbocycles. The number of ether oxygens (including phenoxy) is 1. The molecule has 27 heavy (non-hydrogen) atoms.